The van der Waals surface area contributed by atoms with Crippen molar-refractivity contribution in [1.82, 2.24) is 4.98 Å². The van der Waals surface area contributed by atoms with Gasteiger partial charge in [0.05, 0.1) is 18.1 Å². The summed E-state index contributed by atoms with van der Waals surface area (Å²) in [5.41, 5.74) is 0.858. The molecule has 2 aromatic rings. The summed E-state index contributed by atoms with van der Waals surface area (Å²) < 4.78 is 10.6. The van der Waals surface area contributed by atoms with Crippen molar-refractivity contribution in [3.63, 3.8) is 0 Å². The van der Waals surface area contributed by atoms with Gasteiger partial charge in [-0.2, -0.15) is 4.98 Å². The number of methoxy groups -OCH3 is 1. The van der Waals surface area contributed by atoms with Crippen LogP contribution in [0.2, 0.25) is 0 Å². The Morgan fingerprint density at radius 3 is 2.95 bits per heavy atom. The fourth-order valence-corrected chi connectivity index (χ4v) is 2.25. The van der Waals surface area contributed by atoms with Crippen molar-refractivity contribution in [1.29, 1.82) is 0 Å². The first-order valence-corrected chi connectivity index (χ1v) is 6.36. The van der Waals surface area contributed by atoms with Gasteiger partial charge >= 0.3 is 5.69 Å². The molecule has 1 aliphatic heterocycles. The van der Waals surface area contributed by atoms with Crippen LogP contribution in [0.1, 0.15) is 11.6 Å². The Balaban J connectivity index is 1.93. The minimum Gasteiger partial charge on any atom is -0.491 e. The lowest BCUT2D eigenvalue weighted by Crippen LogP contribution is -2.14. The number of nitrogens with one attached hydrogen (secondary N) is 1. The molecule has 1 atom stereocenters. The number of para-hydroxylation sites is 1. The molecular formula is C14H13N3O4. The summed E-state index contributed by atoms with van der Waals surface area (Å²) in [5.74, 6) is 1.26. The molecule has 0 bridgehead atoms. The number of nitro groups is 1. The molecule has 0 fully saturated rings. The number of nitrogens with zero attached hydrogens (tertiary/aromatic N) is 2. The van der Waals surface area contributed by atoms with E-state index >= 15 is 0 Å². The van der Waals surface area contributed by atoms with Crippen molar-refractivity contribution in [3.05, 3.63) is 52.1 Å². The number of rotatable bonds is 4. The van der Waals surface area contributed by atoms with Crippen LogP contribution in [0, 0.1) is 10.1 Å². The highest BCUT2D eigenvalue weighted by Crippen LogP contribution is 2.36. The van der Waals surface area contributed by atoms with Gasteiger partial charge in [0.25, 0.3) is 0 Å². The predicted octanol–water partition coefficient (Wildman–Crippen LogP) is 2.54. The Bertz CT molecular complexity index is 690. The molecule has 21 heavy (non-hydrogen) atoms. The standard InChI is InChI=1S/C14H13N3O4/c1-20-13-7-6-11(17(18)19)14(16-13)15-10-8-21-12-5-3-2-4-9(10)12/h2-7,10H,8H2,1H3,(H,15,16). The lowest BCUT2D eigenvalue weighted by Gasteiger charge is -2.13. The summed E-state index contributed by atoms with van der Waals surface area (Å²) in [7, 11) is 1.46. The zero-order valence-electron chi connectivity index (χ0n) is 11.3. The van der Waals surface area contributed by atoms with Crippen LogP contribution in [-0.2, 0) is 0 Å². The summed E-state index contributed by atoms with van der Waals surface area (Å²) >= 11 is 0. The van der Waals surface area contributed by atoms with Crippen LogP contribution in [-0.4, -0.2) is 23.6 Å². The van der Waals surface area contributed by atoms with E-state index in [0.717, 1.165) is 11.3 Å². The Morgan fingerprint density at radius 1 is 1.38 bits per heavy atom. The summed E-state index contributed by atoms with van der Waals surface area (Å²) in [6, 6.07) is 10.2. The fraction of sp³-hybridized carbons (Fsp3) is 0.214. The highest BCUT2D eigenvalue weighted by atomic mass is 16.6. The van der Waals surface area contributed by atoms with E-state index in [-0.39, 0.29) is 17.5 Å². The Kier molecular flexibility index (Phi) is 3.31. The minimum atomic E-state index is -0.476. The van der Waals surface area contributed by atoms with E-state index in [1.807, 2.05) is 24.3 Å². The van der Waals surface area contributed by atoms with Crippen LogP contribution in [0.4, 0.5) is 11.5 Å². The van der Waals surface area contributed by atoms with Crippen molar-refractivity contribution in [2.24, 2.45) is 0 Å². The number of pyridine rings is 1. The molecule has 1 aliphatic rings. The highest BCUT2D eigenvalue weighted by Gasteiger charge is 2.27. The van der Waals surface area contributed by atoms with Gasteiger partial charge in [-0.05, 0) is 6.07 Å². The van der Waals surface area contributed by atoms with Crippen LogP contribution < -0.4 is 14.8 Å². The average Bonchev–Trinajstić information content (AvgIpc) is 2.90. The first kappa shape index (κ1) is 13.2. The monoisotopic (exact) mass is 287 g/mol. The maximum Gasteiger partial charge on any atom is 0.311 e. The van der Waals surface area contributed by atoms with Crippen LogP contribution in [0.15, 0.2) is 36.4 Å². The third-order valence-electron chi connectivity index (χ3n) is 3.27. The van der Waals surface area contributed by atoms with Crippen molar-refractivity contribution in [2.45, 2.75) is 6.04 Å². The van der Waals surface area contributed by atoms with E-state index in [1.54, 1.807) is 0 Å². The molecule has 2 heterocycles. The topological polar surface area (TPSA) is 86.5 Å². The van der Waals surface area contributed by atoms with Crippen LogP contribution >= 0.6 is 0 Å². The van der Waals surface area contributed by atoms with E-state index in [9.17, 15) is 10.1 Å². The van der Waals surface area contributed by atoms with Crippen LogP contribution in [0.5, 0.6) is 11.6 Å². The fourth-order valence-electron chi connectivity index (χ4n) is 2.25. The summed E-state index contributed by atoms with van der Waals surface area (Å²) in [4.78, 5) is 14.7. The third-order valence-corrected chi connectivity index (χ3v) is 3.27. The Hall–Kier alpha value is -2.83. The summed E-state index contributed by atoms with van der Waals surface area (Å²) in [6.07, 6.45) is 0. The van der Waals surface area contributed by atoms with Crippen molar-refractivity contribution in [2.75, 3.05) is 19.0 Å². The second kappa shape index (κ2) is 5.28. The van der Waals surface area contributed by atoms with E-state index in [2.05, 4.69) is 10.3 Å². The van der Waals surface area contributed by atoms with Gasteiger partial charge in [-0.15, -0.1) is 0 Å². The van der Waals surface area contributed by atoms with Crippen LogP contribution in [0.3, 0.4) is 0 Å². The molecule has 0 amide bonds. The SMILES string of the molecule is COc1ccc([N+](=O)[O-])c(NC2COc3ccccc32)n1. The molecule has 0 saturated carbocycles. The number of fused-ring (bicyclic) bond motifs is 1. The second-order valence-electron chi connectivity index (χ2n) is 4.52. The van der Waals surface area contributed by atoms with Crippen molar-refractivity contribution >= 4 is 11.5 Å². The second-order valence-corrected chi connectivity index (χ2v) is 4.52. The molecule has 0 spiro atoms. The molecule has 1 unspecified atom stereocenters. The molecule has 0 aliphatic carbocycles. The Labute approximate surface area is 120 Å². The number of anilines is 1. The predicted molar refractivity (Wildman–Crippen MR) is 75.7 cm³/mol. The zero-order valence-corrected chi connectivity index (χ0v) is 11.3. The van der Waals surface area contributed by atoms with E-state index in [1.165, 1.54) is 19.2 Å². The molecule has 7 nitrogen and oxygen atoms in total. The summed E-state index contributed by atoms with van der Waals surface area (Å²) in [5, 5.41) is 14.2. The number of hydrogen-bond acceptors (Lipinski definition) is 6. The highest BCUT2D eigenvalue weighted by molar-refractivity contribution is 5.59. The van der Waals surface area contributed by atoms with Gasteiger partial charge in [-0.25, -0.2) is 0 Å². The van der Waals surface area contributed by atoms with Gasteiger partial charge in [-0.1, -0.05) is 18.2 Å². The molecule has 108 valence electrons. The quantitative estimate of drug-likeness (QED) is 0.687. The molecule has 1 N–H and O–H groups in total. The third kappa shape index (κ3) is 2.45. The van der Waals surface area contributed by atoms with E-state index in [4.69, 9.17) is 9.47 Å². The molecule has 3 rings (SSSR count). The summed E-state index contributed by atoms with van der Waals surface area (Å²) in [6.45, 7) is 0.398. The maximum absolute atomic E-state index is 11.1. The van der Waals surface area contributed by atoms with Gasteiger partial charge in [0.1, 0.15) is 12.4 Å². The van der Waals surface area contributed by atoms with Gasteiger partial charge < -0.3 is 14.8 Å². The number of ether oxygens (including phenoxy) is 2. The van der Waals surface area contributed by atoms with E-state index < -0.39 is 4.92 Å². The molecular weight excluding hydrogens is 274 g/mol. The number of aromatic nitrogens is 1. The first-order chi connectivity index (χ1) is 10.2. The molecule has 0 saturated heterocycles. The van der Waals surface area contributed by atoms with Gasteiger partial charge in [0.15, 0.2) is 0 Å². The first-order valence-electron chi connectivity index (χ1n) is 6.36. The molecule has 1 aromatic carbocycles. The number of benzene rings is 1. The lowest BCUT2D eigenvalue weighted by atomic mass is 10.1. The normalized spacial score (nSPS) is 16.0. The zero-order chi connectivity index (χ0) is 14.8. The van der Waals surface area contributed by atoms with Crippen molar-refractivity contribution in [3.8, 4) is 11.6 Å². The smallest absolute Gasteiger partial charge is 0.311 e. The van der Waals surface area contributed by atoms with Gasteiger partial charge in [0, 0.05) is 17.7 Å². The average molecular weight is 287 g/mol. The molecule has 0 radical (unpaired) electrons. The van der Waals surface area contributed by atoms with Crippen molar-refractivity contribution < 1.29 is 14.4 Å². The Morgan fingerprint density at radius 2 is 2.19 bits per heavy atom. The van der Waals surface area contributed by atoms with Crippen LogP contribution in [0.25, 0.3) is 0 Å². The van der Waals surface area contributed by atoms with Gasteiger partial charge in [0.2, 0.25) is 11.7 Å². The van der Waals surface area contributed by atoms with E-state index in [0.29, 0.717) is 12.5 Å². The lowest BCUT2D eigenvalue weighted by molar-refractivity contribution is -0.384. The molecule has 7 heteroatoms. The molecule has 1 aromatic heterocycles. The maximum atomic E-state index is 11.1. The van der Waals surface area contributed by atoms with Gasteiger partial charge in [-0.3, -0.25) is 10.1 Å². The number of hydrogen-bond donors (Lipinski definition) is 1. The largest absolute Gasteiger partial charge is 0.491 e. The minimum absolute atomic E-state index is 0.0971.